The minimum atomic E-state index is -1.34. The summed E-state index contributed by atoms with van der Waals surface area (Å²) in [4.78, 5) is 31.5. The van der Waals surface area contributed by atoms with Crippen molar-refractivity contribution in [2.75, 3.05) is 0 Å². The van der Waals surface area contributed by atoms with Crippen LogP contribution in [0.3, 0.4) is 0 Å². The number of hydrogen-bond donors (Lipinski definition) is 1. The average molecular weight is 244 g/mol. The van der Waals surface area contributed by atoms with Crippen molar-refractivity contribution in [1.82, 2.24) is 0 Å². The molecule has 1 aromatic carbocycles. The third-order valence-electron chi connectivity index (χ3n) is 1.77. The zero-order valence-corrected chi connectivity index (χ0v) is 8.60. The van der Waals surface area contributed by atoms with Crippen molar-refractivity contribution in [3.63, 3.8) is 0 Å². The first-order valence-corrected chi connectivity index (χ1v) is 4.48. The summed E-state index contributed by atoms with van der Waals surface area (Å²) >= 11 is 5.54. The van der Waals surface area contributed by atoms with Crippen molar-refractivity contribution >= 4 is 29.0 Å². The van der Waals surface area contributed by atoms with Gasteiger partial charge in [0.05, 0.1) is 10.5 Å². The summed E-state index contributed by atoms with van der Waals surface area (Å²) in [7, 11) is 0. The monoisotopic (exact) mass is 243 g/mol. The fourth-order valence-electron chi connectivity index (χ4n) is 1.12. The Hall–Kier alpha value is -1.95. The molecule has 0 aromatic heterocycles. The number of hydrogen-bond acceptors (Lipinski definition) is 4. The second-order valence-corrected chi connectivity index (χ2v) is 3.35. The summed E-state index contributed by atoms with van der Waals surface area (Å²) in [5.74, 6) is -2.16. The average Bonchev–Trinajstić information content (AvgIpc) is 2.16. The minimum absolute atomic E-state index is 0.110. The van der Waals surface area contributed by atoms with Crippen LogP contribution in [-0.2, 0) is 4.79 Å². The molecule has 16 heavy (non-hydrogen) atoms. The topological polar surface area (TPSA) is 97.5 Å². The van der Waals surface area contributed by atoms with Crippen LogP contribution in [0.4, 0.5) is 5.69 Å². The molecule has 1 rings (SSSR count). The zero-order valence-electron chi connectivity index (χ0n) is 7.84. The molecule has 0 heterocycles. The van der Waals surface area contributed by atoms with E-state index in [1.807, 2.05) is 0 Å². The Morgan fingerprint density at radius 3 is 2.56 bits per heavy atom. The molecule has 0 radical (unpaired) electrons. The van der Waals surface area contributed by atoms with Gasteiger partial charge in [-0.05, 0) is 12.1 Å². The van der Waals surface area contributed by atoms with Crippen LogP contribution in [0.15, 0.2) is 18.2 Å². The number of ketones is 1. The van der Waals surface area contributed by atoms with Gasteiger partial charge >= 0.3 is 5.97 Å². The highest BCUT2D eigenvalue weighted by atomic mass is 35.5. The van der Waals surface area contributed by atoms with E-state index in [4.69, 9.17) is 16.7 Å². The number of halogens is 1. The van der Waals surface area contributed by atoms with Crippen LogP contribution in [0, 0.1) is 10.1 Å². The van der Waals surface area contributed by atoms with Gasteiger partial charge in [-0.15, -0.1) is 0 Å². The van der Waals surface area contributed by atoms with Gasteiger partial charge in [-0.3, -0.25) is 19.7 Å². The predicted octanol–water partition coefficient (Wildman–Crippen LogP) is 1.91. The molecule has 0 atom stereocenters. The molecule has 0 spiro atoms. The number of Topliss-reactive ketones (excluding diaryl/α,β-unsaturated/α-hetero) is 1. The largest absolute Gasteiger partial charge is 0.481 e. The fourth-order valence-corrected chi connectivity index (χ4v) is 1.29. The zero-order chi connectivity index (χ0) is 12.3. The van der Waals surface area contributed by atoms with E-state index in [-0.39, 0.29) is 10.6 Å². The lowest BCUT2D eigenvalue weighted by Gasteiger charge is -2.00. The van der Waals surface area contributed by atoms with Gasteiger partial charge in [0.1, 0.15) is 6.42 Å². The van der Waals surface area contributed by atoms with Crippen molar-refractivity contribution in [2.45, 2.75) is 6.42 Å². The highest BCUT2D eigenvalue weighted by Gasteiger charge is 2.21. The van der Waals surface area contributed by atoms with Gasteiger partial charge in [-0.25, -0.2) is 0 Å². The SMILES string of the molecule is O=C(O)CC(=O)c1ccc(Cl)cc1[N+](=O)[O-]. The Bertz CT molecular complexity index is 471. The van der Waals surface area contributed by atoms with E-state index in [0.717, 1.165) is 12.1 Å². The molecule has 6 nitrogen and oxygen atoms in total. The van der Waals surface area contributed by atoms with Crippen LogP contribution in [0.25, 0.3) is 0 Å². The summed E-state index contributed by atoms with van der Waals surface area (Å²) in [6, 6.07) is 3.45. The highest BCUT2D eigenvalue weighted by molar-refractivity contribution is 6.31. The lowest BCUT2D eigenvalue weighted by Crippen LogP contribution is -2.09. The Labute approximate surface area is 94.6 Å². The Morgan fingerprint density at radius 2 is 2.06 bits per heavy atom. The fraction of sp³-hybridized carbons (Fsp3) is 0.111. The first kappa shape index (κ1) is 12.1. The first-order chi connectivity index (χ1) is 7.41. The van der Waals surface area contributed by atoms with Crippen LogP contribution in [0.1, 0.15) is 16.8 Å². The third kappa shape index (κ3) is 2.77. The van der Waals surface area contributed by atoms with Gasteiger partial charge in [-0.1, -0.05) is 11.6 Å². The number of benzene rings is 1. The van der Waals surface area contributed by atoms with Crippen molar-refractivity contribution in [1.29, 1.82) is 0 Å². The predicted molar refractivity (Wildman–Crippen MR) is 54.7 cm³/mol. The second-order valence-electron chi connectivity index (χ2n) is 2.91. The standard InChI is InChI=1S/C9H6ClNO5/c10-5-1-2-6(7(3-5)11(15)16)8(12)4-9(13)14/h1-3H,4H2,(H,13,14). The Morgan fingerprint density at radius 1 is 1.44 bits per heavy atom. The van der Waals surface area contributed by atoms with Crippen LogP contribution in [-0.4, -0.2) is 21.8 Å². The Balaban J connectivity index is 3.17. The Kier molecular flexibility index (Phi) is 3.57. The van der Waals surface area contributed by atoms with E-state index in [9.17, 15) is 19.7 Å². The van der Waals surface area contributed by atoms with Crippen LogP contribution in [0.2, 0.25) is 5.02 Å². The van der Waals surface area contributed by atoms with E-state index in [2.05, 4.69) is 0 Å². The van der Waals surface area contributed by atoms with Crippen LogP contribution >= 0.6 is 11.6 Å². The normalized spacial score (nSPS) is 9.81. The highest BCUT2D eigenvalue weighted by Crippen LogP contribution is 2.24. The van der Waals surface area contributed by atoms with E-state index >= 15 is 0 Å². The first-order valence-electron chi connectivity index (χ1n) is 4.10. The number of carboxylic acid groups (broad SMARTS) is 1. The maximum Gasteiger partial charge on any atom is 0.311 e. The summed E-state index contributed by atoms with van der Waals surface area (Å²) in [6.45, 7) is 0. The van der Waals surface area contributed by atoms with Crippen molar-refractivity contribution in [3.8, 4) is 0 Å². The van der Waals surface area contributed by atoms with Crippen molar-refractivity contribution < 1.29 is 19.6 Å². The maximum absolute atomic E-state index is 11.4. The molecule has 0 unspecified atom stereocenters. The number of rotatable bonds is 4. The quantitative estimate of drug-likeness (QED) is 0.377. The molecular formula is C9H6ClNO5. The molecule has 0 bridgehead atoms. The number of nitrogens with zero attached hydrogens (tertiary/aromatic N) is 1. The summed E-state index contributed by atoms with van der Waals surface area (Å²) in [5.41, 5.74) is -0.740. The smallest absolute Gasteiger partial charge is 0.311 e. The molecule has 0 aliphatic rings. The molecule has 0 aliphatic heterocycles. The number of carbonyl (C=O) groups is 2. The molecular weight excluding hydrogens is 238 g/mol. The lowest BCUT2D eigenvalue weighted by atomic mass is 10.1. The number of nitro groups is 1. The molecule has 7 heteroatoms. The van der Waals surface area contributed by atoms with Crippen LogP contribution < -0.4 is 0 Å². The molecule has 0 aliphatic carbocycles. The number of carboxylic acids is 1. The minimum Gasteiger partial charge on any atom is -0.481 e. The molecule has 0 saturated heterocycles. The summed E-state index contributed by atoms with van der Waals surface area (Å²) < 4.78 is 0. The maximum atomic E-state index is 11.4. The van der Waals surface area contributed by atoms with Gasteiger partial charge in [-0.2, -0.15) is 0 Å². The van der Waals surface area contributed by atoms with Gasteiger partial charge in [0.2, 0.25) is 0 Å². The molecule has 0 fully saturated rings. The number of carbonyl (C=O) groups excluding carboxylic acids is 1. The molecule has 1 aromatic rings. The lowest BCUT2D eigenvalue weighted by molar-refractivity contribution is -0.385. The summed E-state index contributed by atoms with van der Waals surface area (Å²) in [5, 5.41) is 19.1. The van der Waals surface area contributed by atoms with E-state index in [1.165, 1.54) is 6.07 Å². The van der Waals surface area contributed by atoms with E-state index < -0.39 is 28.8 Å². The second kappa shape index (κ2) is 4.71. The molecule has 1 N–H and O–H groups in total. The van der Waals surface area contributed by atoms with Crippen LogP contribution in [0.5, 0.6) is 0 Å². The summed E-state index contributed by atoms with van der Waals surface area (Å²) in [6.07, 6.45) is -0.789. The van der Waals surface area contributed by atoms with Crippen molar-refractivity contribution in [2.24, 2.45) is 0 Å². The van der Waals surface area contributed by atoms with Crippen molar-refractivity contribution in [3.05, 3.63) is 38.9 Å². The molecule has 84 valence electrons. The number of aliphatic carboxylic acids is 1. The molecule has 0 amide bonds. The van der Waals surface area contributed by atoms with Gasteiger partial charge in [0.15, 0.2) is 5.78 Å². The van der Waals surface area contributed by atoms with E-state index in [1.54, 1.807) is 0 Å². The molecule has 0 saturated carbocycles. The van der Waals surface area contributed by atoms with Gasteiger partial charge in [0, 0.05) is 11.1 Å². The third-order valence-corrected chi connectivity index (χ3v) is 2.00. The van der Waals surface area contributed by atoms with Gasteiger partial charge in [0.25, 0.3) is 5.69 Å². The van der Waals surface area contributed by atoms with E-state index in [0.29, 0.717) is 0 Å². The van der Waals surface area contributed by atoms with Gasteiger partial charge < -0.3 is 5.11 Å². The number of nitro benzene ring substituents is 1.